The maximum absolute atomic E-state index is 14.0. The van der Waals surface area contributed by atoms with Gasteiger partial charge in [-0.15, -0.1) is 0 Å². The molecule has 34 heavy (non-hydrogen) atoms. The number of hydrogen-bond acceptors (Lipinski definition) is 6. The van der Waals surface area contributed by atoms with Gasteiger partial charge in [-0.3, -0.25) is 9.20 Å². The molecule has 3 heterocycles. The molecule has 0 saturated heterocycles. The number of rotatable bonds is 5. The second-order valence-electron chi connectivity index (χ2n) is 7.79. The molecule has 0 unspecified atom stereocenters. The van der Waals surface area contributed by atoms with Gasteiger partial charge in [-0.05, 0) is 24.3 Å². The maximum Gasteiger partial charge on any atom is 0.230 e. The van der Waals surface area contributed by atoms with E-state index in [2.05, 4.69) is 0 Å². The molecule has 3 aromatic carbocycles. The summed E-state index contributed by atoms with van der Waals surface area (Å²) in [6.07, 6.45) is 0. The van der Waals surface area contributed by atoms with E-state index in [0.717, 1.165) is 26.1 Å². The lowest BCUT2D eigenvalue weighted by Crippen LogP contribution is -2.09. The van der Waals surface area contributed by atoms with E-state index in [1.807, 2.05) is 71.1 Å². The molecule has 0 amide bonds. The lowest BCUT2D eigenvalue weighted by atomic mass is 10.0. The summed E-state index contributed by atoms with van der Waals surface area (Å²) in [6, 6.07) is 25.0. The quantitative estimate of drug-likeness (QED) is 0.292. The minimum Gasteiger partial charge on any atom is -0.497 e. The predicted octanol–water partition coefficient (Wildman–Crippen LogP) is 6.01. The molecule has 0 radical (unpaired) electrons. The third kappa shape index (κ3) is 3.13. The van der Waals surface area contributed by atoms with Crippen molar-refractivity contribution in [3.8, 4) is 22.8 Å². The summed E-state index contributed by atoms with van der Waals surface area (Å²) >= 11 is 1.56. The smallest absolute Gasteiger partial charge is 0.230 e. The van der Waals surface area contributed by atoms with Gasteiger partial charge in [0.2, 0.25) is 5.78 Å². The van der Waals surface area contributed by atoms with Gasteiger partial charge in [0.25, 0.3) is 0 Å². The second-order valence-corrected chi connectivity index (χ2v) is 8.80. The van der Waals surface area contributed by atoms with E-state index in [0.29, 0.717) is 34.1 Å². The first-order valence-electron chi connectivity index (χ1n) is 10.7. The van der Waals surface area contributed by atoms with Crippen molar-refractivity contribution in [2.75, 3.05) is 14.2 Å². The van der Waals surface area contributed by atoms with Crippen LogP contribution in [0.5, 0.6) is 11.5 Å². The van der Waals surface area contributed by atoms with Crippen LogP contribution in [0.25, 0.3) is 37.3 Å². The van der Waals surface area contributed by atoms with Crippen LogP contribution in [-0.2, 0) is 0 Å². The van der Waals surface area contributed by atoms with Crippen LogP contribution in [0.2, 0.25) is 0 Å². The minimum absolute atomic E-state index is 0.199. The summed E-state index contributed by atoms with van der Waals surface area (Å²) in [7, 11) is 3.18. The van der Waals surface area contributed by atoms with Crippen molar-refractivity contribution in [1.82, 2.24) is 14.4 Å². The predicted molar refractivity (Wildman–Crippen MR) is 134 cm³/mol. The van der Waals surface area contributed by atoms with Crippen LogP contribution in [-0.4, -0.2) is 34.4 Å². The molecule has 166 valence electrons. The normalized spacial score (nSPS) is 11.4. The topological polar surface area (TPSA) is 65.7 Å². The standard InChI is InChI=1S/C27H19N3O3S/c1-32-18-14-17-12-13-19(28-23(17)21(15-18)33-2)26(31)25-24(16-8-4-3-5-9-16)29-27-30(25)20-10-6-7-11-22(20)34-27/h3-15H,1-2H3. The van der Waals surface area contributed by atoms with Crippen molar-refractivity contribution >= 4 is 43.2 Å². The van der Waals surface area contributed by atoms with E-state index in [1.165, 1.54) is 0 Å². The number of ketones is 1. The molecule has 0 aliphatic rings. The Bertz CT molecular complexity index is 1700. The number of fused-ring (bicyclic) bond motifs is 4. The molecule has 0 aliphatic carbocycles. The molecule has 0 fully saturated rings. The van der Waals surface area contributed by atoms with Crippen LogP contribution in [0.1, 0.15) is 16.2 Å². The van der Waals surface area contributed by atoms with E-state index >= 15 is 0 Å². The number of ether oxygens (including phenoxy) is 2. The molecule has 7 heteroatoms. The van der Waals surface area contributed by atoms with Crippen LogP contribution in [0.15, 0.2) is 78.9 Å². The zero-order valence-corrected chi connectivity index (χ0v) is 19.3. The summed E-state index contributed by atoms with van der Waals surface area (Å²) in [5.74, 6) is 1.01. The monoisotopic (exact) mass is 465 g/mol. The van der Waals surface area contributed by atoms with Crippen LogP contribution < -0.4 is 9.47 Å². The lowest BCUT2D eigenvalue weighted by Gasteiger charge is -2.10. The van der Waals surface area contributed by atoms with Gasteiger partial charge >= 0.3 is 0 Å². The van der Waals surface area contributed by atoms with Gasteiger partial charge in [0.1, 0.15) is 34.1 Å². The van der Waals surface area contributed by atoms with E-state index < -0.39 is 0 Å². The van der Waals surface area contributed by atoms with E-state index in [-0.39, 0.29) is 5.78 Å². The number of thiazole rings is 1. The third-order valence-corrected chi connectivity index (χ3v) is 6.86. The van der Waals surface area contributed by atoms with Crippen LogP contribution in [0.3, 0.4) is 0 Å². The number of aromatic nitrogens is 3. The zero-order valence-electron chi connectivity index (χ0n) is 18.5. The van der Waals surface area contributed by atoms with Crippen molar-refractivity contribution in [2.45, 2.75) is 0 Å². The van der Waals surface area contributed by atoms with E-state index in [9.17, 15) is 4.79 Å². The fraction of sp³-hybridized carbons (Fsp3) is 0.0741. The number of para-hydroxylation sites is 1. The average molecular weight is 466 g/mol. The molecule has 3 aromatic heterocycles. The number of nitrogens with zero attached hydrogens (tertiary/aromatic N) is 3. The first kappa shape index (κ1) is 20.4. The molecule has 0 spiro atoms. The lowest BCUT2D eigenvalue weighted by molar-refractivity contribution is 0.103. The van der Waals surface area contributed by atoms with Crippen molar-refractivity contribution in [1.29, 1.82) is 0 Å². The largest absolute Gasteiger partial charge is 0.497 e. The molecular formula is C27H19N3O3S. The Morgan fingerprint density at radius 3 is 2.47 bits per heavy atom. The Hall–Kier alpha value is -4.23. The van der Waals surface area contributed by atoms with Crippen molar-refractivity contribution < 1.29 is 14.3 Å². The number of benzene rings is 3. The molecule has 0 aliphatic heterocycles. The summed E-state index contributed by atoms with van der Waals surface area (Å²) in [4.78, 5) is 24.4. The van der Waals surface area contributed by atoms with Crippen LogP contribution in [0, 0.1) is 0 Å². The van der Waals surface area contributed by atoms with Crippen LogP contribution >= 0.6 is 11.3 Å². The SMILES string of the molecule is COc1cc(OC)c2nc(C(=O)c3c(-c4ccccc4)nc4sc5ccccc5n34)ccc2c1. The van der Waals surface area contributed by atoms with E-state index in [4.69, 9.17) is 19.4 Å². The molecule has 6 aromatic rings. The number of carbonyl (C=O) groups is 1. The molecule has 0 atom stereocenters. The number of pyridine rings is 1. The van der Waals surface area contributed by atoms with Gasteiger partial charge in [-0.25, -0.2) is 9.97 Å². The van der Waals surface area contributed by atoms with Gasteiger partial charge in [0.05, 0.1) is 24.4 Å². The highest BCUT2D eigenvalue weighted by Crippen LogP contribution is 2.35. The van der Waals surface area contributed by atoms with E-state index in [1.54, 1.807) is 37.7 Å². The van der Waals surface area contributed by atoms with Gasteiger partial charge in [-0.2, -0.15) is 0 Å². The summed E-state index contributed by atoms with van der Waals surface area (Å²) in [5, 5.41) is 0.829. The fourth-order valence-electron chi connectivity index (χ4n) is 4.22. The number of carbonyl (C=O) groups excluding carboxylic acids is 1. The Labute approximate surface area is 199 Å². The highest BCUT2D eigenvalue weighted by Gasteiger charge is 2.26. The van der Waals surface area contributed by atoms with Crippen molar-refractivity contribution in [2.24, 2.45) is 0 Å². The Kier molecular flexibility index (Phi) is 4.78. The molecule has 6 rings (SSSR count). The number of imidazole rings is 1. The minimum atomic E-state index is -0.199. The average Bonchev–Trinajstić information content (AvgIpc) is 3.44. The van der Waals surface area contributed by atoms with Crippen molar-refractivity contribution in [3.05, 3.63) is 90.3 Å². The Balaban J connectivity index is 1.61. The fourth-order valence-corrected chi connectivity index (χ4v) is 5.25. The molecule has 0 saturated carbocycles. The zero-order chi connectivity index (χ0) is 23.2. The number of methoxy groups -OCH3 is 2. The van der Waals surface area contributed by atoms with Gasteiger partial charge in [0.15, 0.2) is 4.96 Å². The van der Waals surface area contributed by atoms with Crippen molar-refractivity contribution in [3.63, 3.8) is 0 Å². The summed E-state index contributed by atoms with van der Waals surface area (Å²) in [5.41, 5.74) is 3.90. The Morgan fingerprint density at radius 2 is 1.68 bits per heavy atom. The first-order chi connectivity index (χ1) is 16.7. The van der Waals surface area contributed by atoms with Crippen LogP contribution in [0.4, 0.5) is 0 Å². The summed E-state index contributed by atoms with van der Waals surface area (Å²) in [6.45, 7) is 0. The molecule has 6 nitrogen and oxygen atoms in total. The first-order valence-corrected chi connectivity index (χ1v) is 11.5. The number of hydrogen-bond donors (Lipinski definition) is 0. The second kappa shape index (κ2) is 7.97. The Morgan fingerprint density at radius 1 is 0.882 bits per heavy atom. The molecule has 0 N–H and O–H groups in total. The third-order valence-electron chi connectivity index (χ3n) is 5.84. The van der Waals surface area contributed by atoms with Gasteiger partial charge in [-0.1, -0.05) is 59.9 Å². The maximum atomic E-state index is 14.0. The molecular weight excluding hydrogens is 446 g/mol. The molecule has 0 bridgehead atoms. The highest BCUT2D eigenvalue weighted by atomic mass is 32.1. The highest BCUT2D eigenvalue weighted by molar-refractivity contribution is 7.23. The van der Waals surface area contributed by atoms with Gasteiger partial charge in [0, 0.05) is 17.0 Å². The van der Waals surface area contributed by atoms with Gasteiger partial charge < -0.3 is 9.47 Å². The summed E-state index contributed by atoms with van der Waals surface area (Å²) < 4.78 is 13.9.